The summed E-state index contributed by atoms with van der Waals surface area (Å²) in [7, 11) is 1.24. The van der Waals surface area contributed by atoms with Crippen molar-refractivity contribution in [3.8, 4) is 0 Å². The fraction of sp³-hybridized carbons (Fsp3) is 0.857. The van der Waals surface area contributed by atoms with E-state index in [-0.39, 0.29) is 12.5 Å². The number of nitrogens with one attached hydrogen (secondary N) is 1. The highest BCUT2D eigenvalue weighted by Gasteiger charge is 2.23. The van der Waals surface area contributed by atoms with E-state index in [1.54, 1.807) is 6.08 Å². The summed E-state index contributed by atoms with van der Waals surface area (Å²) in [6.45, 7) is 4.63. The van der Waals surface area contributed by atoms with Crippen LogP contribution in [0.1, 0.15) is 219 Å². The van der Waals surface area contributed by atoms with Crippen LogP contribution in [0.5, 0.6) is 0 Å². The second kappa shape index (κ2) is 41.1. The van der Waals surface area contributed by atoms with Gasteiger partial charge in [0.25, 0.3) is 7.82 Å². The number of allylic oxidation sites excluding steroid dienone is 5. The Morgan fingerprint density at radius 1 is 0.586 bits per heavy atom. The number of carbonyl (C=O) groups is 1. The SMILES string of the molecule is CCCCCCCCCCC/C=C\CCCCCCCC(=O)NC(COP(=O)([O-])OCC[N+](C)(C)C)C(O)/C=C/CC/C=C/CCCCCCCCCCCCCC. The van der Waals surface area contributed by atoms with Crippen LogP contribution in [-0.4, -0.2) is 68.5 Å². The molecule has 0 aliphatic rings. The molecule has 3 atom stereocenters. The van der Waals surface area contributed by atoms with Gasteiger partial charge in [-0.25, -0.2) is 0 Å². The smallest absolute Gasteiger partial charge is 0.268 e. The highest BCUT2D eigenvalue weighted by molar-refractivity contribution is 7.45. The second-order valence-electron chi connectivity index (χ2n) is 17.8. The summed E-state index contributed by atoms with van der Waals surface area (Å²) >= 11 is 0. The van der Waals surface area contributed by atoms with E-state index in [1.807, 2.05) is 27.2 Å². The molecule has 9 heteroatoms. The molecule has 0 aliphatic carbocycles. The standard InChI is InChI=1S/C49H95N2O6P/c1-6-8-10-12-14-16-18-20-22-24-26-28-30-32-34-36-38-40-42-48(52)47(46-57-58(54,55)56-45-44-51(3,4)5)50-49(53)43-41-39-37-35-33-31-29-27-25-23-21-19-17-15-13-11-9-7-2/h27,29,32,34,40,42,47-48,52H,6-26,28,30-31,33,35-39,41,43-46H2,1-5H3,(H-,50,53,54,55)/b29-27-,34-32+,42-40+. The summed E-state index contributed by atoms with van der Waals surface area (Å²) in [5.74, 6) is -0.215. The van der Waals surface area contributed by atoms with Crippen LogP contribution in [0.3, 0.4) is 0 Å². The highest BCUT2D eigenvalue weighted by Crippen LogP contribution is 2.38. The first-order chi connectivity index (χ1) is 28.0. The molecule has 58 heavy (non-hydrogen) atoms. The van der Waals surface area contributed by atoms with Crippen molar-refractivity contribution in [3.05, 3.63) is 36.5 Å². The van der Waals surface area contributed by atoms with Gasteiger partial charge in [-0.1, -0.05) is 192 Å². The molecule has 0 rings (SSSR count). The molecule has 2 N–H and O–H groups in total. The average Bonchev–Trinajstić information content (AvgIpc) is 3.17. The summed E-state index contributed by atoms with van der Waals surface area (Å²) in [4.78, 5) is 25.3. The third-order valence-corrected chi connectivity index (χ3v) is 11.8. The summed E-state index contributed by atoms with van der Waals surface area (Å²) in [5, 5.41) is 13.8. The molecule has 0 bridgehead atoms. The first-order valence-corrected chi connectivity index (χ1v) is 25.8. The molecule has 0 radical (unpaired) electrons. The minimum atomic E-state index is -4.60. The van der Waals surface area contributed by atoms with E-state index in [4.69, 9.17) is 9.05 Å². The number of phosphoric ester groups is 1. The molecule has 3 unspecified atom stereocenters. The molecule has 8 nitrogen and oxygen atoms in total. The largest absolute Gasteiger partial charge is 0.756 e. The van der Waals surface area contributed by atoms with Crippen molar-refractivity contribution in [2.24, 2.45) is 0 Å². The summed E-state index contributed by atoms with van der Waals surface area (Å²) in [6, 6.07) is -0.906. The quantitative estimate of drug-likeness (QED) is 0.0274. The van der Waals surface area contributed by atoms with E-state index in [9.17, 15) is 19.4 Å². The Morgan fingerprint density at radius 3 is 1.40 bits per heavy atom. The van der Waals surface area contributed by atoms with Gasteiger partial charge < -0.3 is 28.8 Å². The zero-order chi connectivity index (χ0) is 42.8. The van der Waals surface area contributed by atoms with E-state index in [1.165, 1.54) is 148 Å². The van der Waals surface area contributed by atoms with Gasteiger partial charge in [0.1, 0.15) is 13.2 Å². The normalized spacial score (nSPS) is 14.5. The Morgan fingerprint density at radius 2 is 0.966 bits per heavy atom. The predicted octanol–water partition coefficient (Wildman–Crippen LogP) is 13.2. The minimum Gasteiger partial charge on any atom is -0.756 e. The van der Waals surface area contributed by atoms with Gasteiger partial charge in [0.2, 0.25) is 5.91 Å². The maximum atomic E-state index is 12.9. The van der Waals surface area contributed by atoms with E-state index in [0.717, 1.165) is 51.4 Å². The number of likely N-dealkylation sites (N-methyl/N-ethyl adjacent to an activating group) is 1. The molecule has 0 spiro atoms. The summed E-state index contributed by atoms with van der Waals surface area (Å²) in [5.41, 5.74) is 0. The number of phosphoric acid groups is 1. The van der Waals surface area contributed by atoms with Crippen molar-refractivity contribution in [2.75, 3.05) is 40.9 Å². The number of hydrogen-bond donors (Lipinski definition) is 2. The topological polar surface area (TPSA) is 108 Å². The van der Waals surface area contributed by atoms with Crippen molar-refractivity contribution in [3.63, 3.8) is 0 Å². The average molecular weight is 839 g/mol. The number of quaternary nitrogens is 1. The fourth-order valence-corrected chi connectivity index (χ4v) is 7.65. The first-order valence-electron chi connectivity index (χ1n) is 24.4. The Balaban J connectivity index is 4.42. The van der Waals surface area contributed by atoms with Crippen LogP contribution in [0.4, 0.5) is 0 Å². The third-order valence-electron chi connectivity index (χ3n) is 10.8. The number of amides is 1. The van der Waals surface area contributed by atoms with Crippen LogP contribution in [0.15, 0.2) is 36.5 Å². The Labute approximate surface area is 359 Å². The van der Waals surface area contributed by atoms with Gasteiger partial charge in [0, 0.05) is 6.42 Å². The molecular formula is C49H95N2O6P. The van der Waals surface area contributed by atoms with Crippen molar-refractivity contribution >= 4 is 13.7 Å². The number of hydrogen-bond acceptors (Lipinski definition) is 6. The molecule has 0 aliphatic heterocycles. The van der Waals surface area contributed by atoms with Gasteiger partial charge in [0.05, 0.1) is 39.9 Å². The number of aliphatic hydroxyl groups excluding tert-OH is 1. The lowest BCUT2D eigenvalue weighted by Crippen LogP contribution is -2.45. The van der Waals surface area contributed by atoms with Crippen LogP contribution in [0.25, 0.3) is 0 Å². The molecule has 1 amide bonds. The number of unbranched alkanes of at least 4 members (excludes halogenated alkanes) is 27. The van der Waals surface area contributed by atoms with Crippen molar-refractivity contribution in [1.29, 1.82) is 0 Å². The molecule has 0 heterocycles. The number of aliphatic hydroxyl groups is 1. The number of nitrogens with zero attached hydrogens (tertiary/aromatic N) is 1. The minimum absolute atomic E-state index is 0.00771. The predicted molar refractivity (Wildman–Crippen MR) is 247 cm³/mol. The lowest BCUT2D eigenvalue weighted by atomic mass is 10.0. The van der Waals surface area contributed by atoms with Gasteiger partial charge in [-0.15, -0.1) is 0 Å². The third kappa shape index (κ3) is 42.8. The van der Waals surface area contributed by atoms with Crippen LogP contribution >= 0.6 is 7.82 Å². The van der Waals surface area contributed by atoms with Gasteiger partial charge in [-0.3, -0.25) is 9.36 Å². The van der Waals surface area contributed by atoms with Crippen molar-refractivity contribution in [1.82, 2.24) is 5.32 Å². The number of rotatable bonds is 44. The van der Waals surface area contributed by atoms with Crippen LogP contribution in [0, 0.1) is 0 Å². The number of carbonyl (C=O) groups excluding carboxylic acids is 1. The maximum absolute atomic E-state index is 12.9. The zero-order valence-electron chi connectivity index (χ0n) is 38.8. The first kappa shape index (κ1) is 56.7. The van der Waals surface area contributed by atoms with E-state index in [0.29, 0.717) is 17.4 Å². The van der Waals surface area contributed by atoms with Crippen molar-refractivity contribution in [2.45, 2.75) is 231 Å². The maximum Gasteiger partial charge on any atom is 0.268 e. The Hall–Kier alpha value is -1.28. The van der Waals surface area contributed by atoms with Gasteiger partial charge >= 0.3 is 0 Å². The second-order valence-corrected chi connectivity index (χ2v) is 19.2. The molecular weight excluding hydrogens is 744 g/mol. The molecule has 0 saturated carbocycles. The van der Waals surface area contributed by atoms with E-state index < -0.39 is 26.6 Å². The Bertz CT molecular complexity index is 1040. The van der Waals surface area contributed by atoms with Crippen molar-refractivity contribution < 1.29 is 32.9 Å². The molecule has 342 valence electrons. The van der Waals surface area contributed by atoms with Gasteiger partial charge in [0.15, 0.2) is 0 Å². The van der Waals surface area contributed by atoms with E-state index >= 15 is 0 Å². The molecule has 0 saturated heterocycles. The van der Waals surface area contributed by atoms with Gasteiger partial charge in [-0.2, -0.15) is 0 Å². The fourth-order valence-electron chi connectivity index (χ4n) is 6.93. The van der Waals surface area contributed by atoms with E-state index in [2.05, 4.69) is 43.5 Å². The zero-order valence-corrected chi connectivity index (χ0v) is 39.6. The molecule has 0 fully saturated rings. The molecule has 0 aromatic carbocycles. The monoisotopic (exact) mass is 839 g/mol. The summed E-state index contributed by atoms with van der Waals surface area (Å²) in [6.07, 6.45) is 50.5. The van der Waals surface area contributed by atoms with Gasteiger partial charge in [-0.05, 0) is 57.8 Å². The lowest BCUT2D eigenvalue weighted by molar-refractivity contribution is -0.870. The summed E-state index contributed by atoms with van der Waals surface area (Å²) < 4.78 is 23.2. The molecule has 0 aromatic rings. The highest BCUT2D eigenvalue weighted by atomic mass is 31.2. The van der Waals surface area contributed by atoms with Crippen LogP contribution < -0.4 is 10.2 Å². The van der Waals surface area contributed by atoms with Crippen LogP contribution in [0.2, 0.25) is 0 Å². The Kier molecular flexibility index (Phi) is 40.2. The lowest BCUT2D eigenvalue weighted by Gasteiger charge is -2.29. The molecule has 0 aromatic heterocycles. The van der Waals surface area contributed by atoms with Crippen LogP contribution in [-0.2, 0) is 18.4 Å².